The smallest absolute Gasteiger partial charge is 0.0779 e. The maximum atomic E-state index is 11.7. The highest BCUT2D eigenvalue weighted by atomic mass is 16.3. The second-order valence-electron chi connectivity index (χ2n) is 14.0. The SMILES string of the molecule is C=C(C)C(O)C/C=C(\C)C1CCC2(C)C1C(O)CC1C3(C)CCC(O)C(C)(C)C3C(O)CC12C. The van der Waals surface area contributed by atoms with Gasteiger partial charge in [-0.3, -0.25) is 0 Å². The van der Waals surface area contributed by atoms with Gasteiger partial charge in [0.2, 0.25) is 0 Å². The van der Waals surface area contributed by atoms with Crippen LogP contribution in [-0.2, 0) is 0 Å². The van der Waals surface area contributed by atoms with Crippen LogP contribution < -0.4 is 0 Å². The van der Waals surface area contributed by atoms with Crippen molar-refractivity contribution in [3.8, 4) is 0 Å². The molecule has 0 heterocycles. The summed E-state index contributed by atoms with van der Waals surface area (Å²) in [6.07, 6.45) is 6.33. The van der Waals surface area contributed by atoms with E-state index in [1.807, 2.05) is 6.92 Å². The number of hydrogen-bond acceptors (Lipinski definition) is 4. The van der Waals surface area contributed by atoms with Crippen molar-refractivity contribution in [2.24, 2.45) is 45.3 Å². The number of aliphatic hydroxyl groups is 4. The van der Waals surface area contributed by atoms with E-state index in [9.17, 15) is 20.4 Å². The predicted molar refractivity (Wildman–Crippen MR) is 137 cm³/mol. The van der Waals surface area contributed by atoms with Crippen molar-refractivity contribution in [2.45, 2.75) is 118 Å². The van der Waals surface area contributed by atoms with Gasteiger partial charge in [0.15, 0.2) is 0 Å². The number of rotatable bonds is 4. The summed E-state index contributed by atoms with van der Waals surface area (Å²) in [5.74, 6) is 0.838. The van der Waals surface area contributed by atoms with Crippen LogP contribution in [0.1, 0.15) is 93.4 Å². The van der Waals surface area contributed by atoms with Crippen molar-refractivity contribution in [3.63, 3.8) is 0 Å². The van der Waals surface area contributed by atoms with E-state index < -0.39 is 12.2 Å². The van der Waals surface area contributed by atoms with Gasteiger partial charge in [0.25, 0.3) is 0 Å². The normalized spacial score (nSPS) is 51.3. The maximum absolute atomic E-state index is 11.7. The Morgan fingerprint density at radius 2 is 1.62 bits per heavy atom. The molecule has 34 heavy (non-hydrogen) atoms. The largest absolute Gasteiger partial charge is 0.393 e. The lowest BCUT2D eigenvalue weighted by Gasteiger charge is -2.71. The molecule has 0 saturated heterocycles. The van der Waals surface area contributed by atoms with Crippen LogP contribution in [0.25, 0.3) is 0 Å². The van der Waals surface area contributed by atoms with Gasteiger partial charge >= 0.3 is 0 Å². The fourth-order valence-corrected chi connectivity index (χ4v) is 10.1. The molecule has 0 aromatic heterocycles. The lowest BCUT2D eigenvalue weighted by molar-refractivity contribution is -0.270. The van der Waals surface area contributed by atoms with Gasteiger partial charge in [0.1, 0.15) is 0 Å². The van der Waals surface area contributed by atoms with Gasteiger partial charge in [0, 0.05) is 0 Å². The highest BCUT2D eigenvalue weighted by Gasteiger charge is 2.72. The van der Waals surface area contributed by atoms with E-state index >= 15 is 0 Å². The fraction of sp³-hybridized carbons (Fsp3) is 0.867. The molecule has 0 aromatic carbocycles. The molecule has 4 saturated carbocycles. The Morgan fingerprint density at radius 1 is 0.971 bits per heavy atom. The average Bonchev–Trinajstić information content (AvgIpc) is 3.10. The van der Waals surface area contributed by atoms with Crippen LogP contribution >= 0.6 is 0 Å². The first-order chi connectivity index (χ1) is 15.6. The molecule has 4 heteroatoms. The Bertz CT molecular complexity index is 847. The molecule has 4 nitrogen and oxygen atoms in total. The molecule has 0 spiro atoms. The molecule has 194 valence electrons. The monoisotopic (exact) mass is 474 g/mol. The van der Waals surface area contributed by atoms with E-state index in [4.69, 9.17) is 0 Å². The summed E-state index contributed by atoms with van der Waals surface area (Å²) in [7, 11) is 0. The molecular weight excluding hydrogens is 424 g/mol. The third-order valence-corrected chi connectivity index (χ3v) is 12.1. The van der Waals surface area contributed by atoms with Gasteiger partial charge in [-0.1, -0.05) is 58.4 Å². The molecule has 0 radical (unpaired) electrons. The van der Waals surface area contributed by atoms with Crippen LogP contribution in [0.2, 0.25) is 0 Å². The Kier molecular flexibility index (Phi) is 6.54. The van der Waals surface area contributed by atoms with Crippen molar-refractivity contribution in [3.05, 3.63) is 23.8 Å². The number of aliphatic hydroxyl groups excluding tert-OH is 4. The molecule has 4 N–H and O–H groups in total. The van der Waals surface area contributed by atoms with Crippen molar-refractivity contribution < 1.29 is 20.4 Å². The molecule has 0 bridgehead atoms. The summed E-state index contributed by atoms with van der Waals surface area (Å²) >= 11 is 0. The first-order valence-electron chi connectivity index (χ1n) is 13.7. The molecule has 0 amide bonds. The van der Waals surface area contributed by atoms with E-state index in [2.05, 4.69) is 54.2 Å². The predicted octanol–water partition coefficient (Wildman–Crippen LogP) is 5.25. The highest BCUT2D eigenvalue weighted by Crippen LogP contribution is 2.75. The van der Waals surface area contributed by atoms with Crippen LogP contribution in [0.4, 0.5) is 0 Å². The number of hydrogen-bond donors (Lipinski definition) is 4. The topological polar surface area (TPSA) is 80.9 Å². The van der Waals surface area contributed by atoms with Crippen LogP contribution in [0.5, 0.6) is 0 Å². The molecule has 4 fully saturated rings. The molecule has 0 aliphatic heterocycles. The zero-order chi connectivity index (χ0) is 25.4. The van der Waals surface area contributed by atoms with Crippen molar-refractivity contribution in [1.29, 1.82) is 0 Å². The van der Waals surface area contributed by atoms with Gasteiger partial charge in [-0.2, -0.15) is 0 Å². The van der Waals surface area contributed by atoms with Gasteiger partial charge in [-0.05, 0) is 104 Å². The van der Waals surface area contributed by atoms with Crippen molar-refractivity contribution in [2.75, 3.05) is 0 Å². The van der Waals surface area contributed by atoms with Crippen molar-refractivity contribution >= 4 is 0 Å². The molecule has 11 unspecified atom stereocenters. The van der Waals surface area contributed by atoms with Gasteiger partial charge in [-0.25, -0.2) is 0 Å². The second-order valence-corrected chi connectivity index (χ2v) is 14.0. The first-order valence-corrected chi connectivity index (χ1v) is 13.7. The lowest BCUT2D eigenvalue weighted by Crippen LogP contribution is -2.69. The Labute approximate surface area is 207 Å². The van der Waals surface area contributed by atoms with E-state index in [0.29, 0.717) is 18.3 Å². The van der Waals surface area contributed by atoms with E-state index in [1.165, 1.54) is 5.57 Å². The minimum atomic E-state index is -0.517. The maximum Gasteiger partial charge on any atom is 0.0779 e. The van der Waals surface area contributed by atoms with Gasteiger partial charge in [0.05, 0.1) is 24.4 Å². The summed E-state index contributed by atoms with van der Waals surface area (Å²) in [5.41, 5.74) is 1.51. The summed E-state index contributed by atoms with van der Waals surface area (Å²) in [5, 5.41) is 44.5. The molecule has 0 aromatic rings. The Hall–Kier alpha value is -0.680. The average molecular weight is 475 g/mol. The molecule has 4 aliphatic carbocycles. The zero-order valence-electron chi connectivity index (χ0n) is 22.6. The van der Waals surface area contributed by atoms with Crippen LogP contribution in [0.3, 0.4) is 0 Å². The highest BCUT2D eigenvalue weighted by molar-refractivity contribution is 5.24. The van der Waals surface area contributed by atoms with E-state index in [0.717, 1.165) is 44.1 Å². The van der Waals surface area contributed by atoms with E-state index in [-0.39, 0.29) is 45.7 Å². The first kappa shape index (κ1) is 26.4. The molecule has 4 aliphatic rings. The third kappa shape index (κ3) is 3.53. The second kappa shape index (κ2) is 8.43. The standard InChI is InChI=1S/C30H50O4/c1-17(2)20(31)10-9-18(3)19-11-14-29(7)25(19)21(32)15-23-28(6)13-12-24(34)27(4,5)26(28)22(33)16-30(23,29)8/h9,19-26,31-34H,1,10-16H2,2-8H3/b18-9+. The molecular formula is C30H50O4. The lowest BCUT2D eigenvalue weighted by atomic mass is 9.34. The molecule has 11 atom stereocenters. The zero-order valence-corrected chi connectivity index (χ0v) is 22.6. The minimum absolute atomic E-state index is 0.0386. The van der Waals surface area contributed by atoms with Gasteiger partial charge < -0.3 is 20.4 Å². The van der Waals surface area contributed by atoms with Crippen LogP contribution in [-0.4, -0.2) is 44.8 Å². The Morgan fingerprint density at radius 3 is 2.24 bits per heavy atom. The number of allylic oxidation sites excluding steroid dienone is 1. The van der Waals surface area contributed by atoms with Crippen LogP contribution in [0, 0.1) is 45.3 Å². The van der Waals surface area contributed by atoms with E-state index in [1.54, 1.807) is 0 Å². The minimum Gasteiger partial charge on any atom is -0.393 e. The summed E-state index contributed by atoms with van der Waals surface area (Å²) in [6.45, 7) is 19.3. The third-order valence-electron chi connectivity index (χ3n) is 12.1. The number of fused-ring (bicyclic) bond motifs is 5. The molecule has 4 rings (SSSR count). The van der Waals surface area contributed by atoms with Crippen LogP contribution in [0.15, 0.2) is 23.8 Å². The quantitative estimate of drug-likeness (QED) is 0.420. The summed E-state index contributed by atoms with van der Waals surface area (Å²) < 4.78 is 0. The summed E-state index contributed by atoms with van der Waals surface area (Å²) in [6, 6.07) is 0. The van der Waals surface area contributed by atoms with Crippen molar-refractivity contribution in [1.82, 2.24) is 0 Å². The Balaban J connectivity index is 1.69. The fourth-order valence-electron chi connectivity index (χ4n) is 10.1. The van der Waals surface area contributed by atoms with Gasteiger partial charge in [-0.15, -0.1) is 0 Å². The summed E-state index contributed by atoms with van der Waals surface area (Å²) in [4.78, 5) is 0.